The maximum Gasteiger partial charge on any atom is 0.115 e. The summed E-state index contributed by atoms with van der Waals surface area (Å²) in [5, 5.41) is 15.7. The van der Waals surface area contributed by atoms with Crippen LogP contribution in [0.5, 0.6) is 5.75 Å². The molecular weight excluding hydrogens is 777 g/mol. The van der Waals surface area contributed by atoms with Gasteiger partial charge in [0, 0.05) is 32.9 Å². The Bertz CT molecular complexity index is 3450. The molecule has 1 aliphatic carbocycles. The Morgan fingerprint density at radius 2 is 0.641 bits per heavy atom. The number of phenols is 1. The molecule has 10 aromatic carbocycles. The summed E-state index contributed by atoms with van der Waals surface area (Å²) in [5.74, 6) is 0.250. The third-order valence-electron chi connectivity index (χ3n) is 13.7. The van der Waals surface area contributed by atoms with Crippen LogP contribution in [0, 0.1) is 0 Å². The second kappa shape index (κ2) is 14.1. The van der Waals surface area contributed by atoms with E-state index in [4.69, 9.17) is 0 Å². The van der Waals surface area contributed by atoms with Crippen LogP contribution < -0.4 is 0 Å². The molecule has 0 bridgehead atoms. The van der Waals surface area contributed by atoms with E-state index in [1.807, 2.05) is 12.1 Å². The SMILES string of the molecule is Oc1ccc(C2(c3ccccc3)c3cc(-c4ccc(-n5c6ccccc6c6ccccc65)cc4)ccc3-c3ccc(-c4ccc(-n5c6ccccc6c6ccccc65)cc4)cc32)cc1. The molecule has 2 heterocycles. The molecule has 0 fully saturated rings. The normalized spacial score (nSPS) is 12.9. The van der Waals surface area contributed by atoms with E-state index in [-0.39, 0.29) is 5.75 Å². The van der Waals surface area contributed by atoms with Gasteiger partial charge in [-0.2, -0.15) is 0 Å². The summed E-state index contributed by atoms with van der Waals surface area (Å²) in [4.78, 5) is 0. The highest BCUT2D eigenvalue weighted by atomic mass is 16.3. The molecule has 12 aromatic rings. The van der Waals surface area contributed by atoms with Gasteiger partial charge in [0.1, 0.15) is 5.75 Å². The first kappa shape index (κ1) is 36.3. The first-order valence-corrected chi connectivity index (χ1v) is 22.0. The third-order valence-corrected chi connectivity index (χ3v) is 13.7. The zero-order chi connectivity index (χ0) is 42.4. The fourth-order valence-electron chi connectivity index (χ4n) is 10.9. The summed E-state index contributed by atoms with van der Waals surface area (Å²) in [7, 11) is 0. The molecule has 2 aromatic heterocycles. The summed E-state index contributed by atoms with van der Waals surface area (Å²) in [6.45, 7) is 0. The Labute approximate surface area is 371 Å². The van der Waals surface area contributed by atoms with Gasteiger partial charge in [-0.05, 0) is 128 Å². The second-order valence-corrected chi connectivity index (χ2v) is 17.0. The molecule has 0 saturated carbocycles. The zero-order valence-electron chi connectivity index (χ0n) is 34.9. The van der Waals surface area contributed by atoms with Gasteiger partial charge < -0.3 is 14.2 Å². The van der Waals surface area contributed by atoms with E-state index in [2.05, 4.69) is 234 Å². The topological polar surface area (TPSA) is 30.1 Å². The van der Waals surface area contributed by atoms with Gasteiger partial charge >= 0.3 is 0 Å². The molecule has 13 rings (SSSR count). The monoisotopic (exact) mass is 816 g/mol. The van der Waals surface area contributed by atoms with E-state index in [0.717, 1.165) is 39.2 Å². The van der Waals surface area contributed by atoms with Crippen molar-refractivity contribution in [2.24, 2.45) is 0 Å². The number of rotatable bonds is 6. The molecule has 0 radical (unpaired) electrons. The lowest BCUT2D eigenvalue weighted by Crippen LogP contribution is -2.28. The molecule has 1 aliphatic rings. The number of phenolic OH excluding ortho intramolecular Hbond substituents is 1. The molecular formula is C61H40N2O. The van der Waals surface area contributed by atoms with Crippen LogP contribution in [0.3, 0.4) is 0 Å². The summed E-state index contributed by atoms with van der Waals surface area (Å²) in [6.07, 6.45) is 0. The van der Waals surface area contributed by atoms with Crippen LogP contribution in [-0.2, 0) is 5.41 Å². The number of nitrogens with zero attached hydrogens (tertiary/aromatic N) is 2. The number of hydrogen-bond acceptors (Lipinski definition) is 1. The largest absolute Gasteiger partial charge is 0.508 e. The number of fused-ring (bicyclic) bond motifs is 9. The minimum Gasteiger partial charge on any atom is -0.508 e. The summed E-state index contributed by atoms with van der Waals surface area (Å²) in [5.41, 5.74) is 18.2. The molecule has 0 aliphatic heterocycles. The van der Waals surface area contributed by atoms with Crippen molar-refractivity contribution < 1.29 is 5.11 Å². The molecule has 0 saturated heterocycles. The highest BCUT2D eigenvalue weighted by Gasteiger charge is 2.46. The van der Waals surface area contributed by atoms with E-state index >= 15 is 0 Å². The molecule has 0 unspecified atom stereocenters. The quantitative estimate of drug-likeness (QED) is 0.178. The molecule has 300 valence electrons. The average Bonchev–Trinajstić information content (AvgIpc) is 3.99. The molecule has 0 spiro atoms. The van der Waals surface area contributed by atoms with E-state index < -0.39 is 5.41 Å². The Morgan fingerprint density at radius 1 is 0.297 bits per heavy atom. The van der Waals surface area contributed by atoms with E-state index in [1.54, 1.807) is 0 Å². The average molecular weight is 817 g/mol. The smallest absolute Gasteiger partial charge is 0.115 e. The van der Waals surface area contributed by atoms with Crippen molar-refractivity contribution in [3.05, 3.63) is 259 Å². The fraction of sp³-hybridized carbons (Fsp3) is 0.0164. The van der Waals surface area contributed by atoms with Crippen LogP contribution in [0.4, 0.5) is 0 Å². The van der Waals surface area contributed by atoms with Crippen molar-refractivity contribution in [2.45, 2.75) is 5.41 Å². The van der Waals surface area contributed by atoms with Crippen LogP contribution in [0.25, 0.3) is 88.4 Å². The van der Waals surface area contributed by atoms with Crippen molar-refractivity contribution in [2.75, 3.05) is 0 Å². The van der Waals surface area contributed by atoms with Gasteiger partial charge in [-0.1, -0.05) is 164 Å². The fourth-order valence-corrected chi connectivity index (χ4v) is 10.9. The predicted octanol–water partition coefficient (Wildman–Crippen LogP) is 15.3. The van der Waals surface area contributed by atoms with Gasteiger partial charge in [0.2, 0.25) is 0 Å². The van der Waals surface area contributed by atoms with Crippen LogP contribution in [0.1, 0.15) is 22.3 Å². The highest BCUT2D eigenvalue weighted by molar-refractivity contribution is 6.10. The summed E-state index contributed by atoms with van der Waals surface area (Å²) in [6, 6.07) is 85.4. The molecule has 0 atom stereocenters. The van der Waals surface area contributed by atoms with Crippen molar-refractivity contribution >= 4 is 43.6 Å². The number of aromatic hydroxyl groups is 1. The van der Waals surface area contributed by atoms with Gasteiger partial charge in [-0.3, -0.25) is 0 Å². The van der Waals surface area contributed by atoms with Gasteiger partial charge in [-0.25, -0.2) is 0 Å². The van der Waals surface area contributed by atoms with Crippen LogP contribution in [0.15, 0.2) is 237 Å². The maximum atomic E-state index is 10.6. The highest BCUT2D eigenvalue weighted by Crippen LogP contribution is 2.57. The first-order chi connectivity index (χ1) is 31.6. The summed E-state index contributed by atoms with van der Waals surface area (Å²) < 4.78 is 4.74. The van der Waals surface area contributed by atoms with Crippen molar-refractivity contribution in [1.29, 1.82) is 0 Å². The minimum atomic E-state index is -0.655. The molecule has 3 nitrogen and oxygen atoms in total. The zero-order valence-corrected chi connectivity index (χ0v) is 34.9. The van der Waals surface area contributed by atoms with Gasteiger partial charge in [0.25, 0.3) is 0 Å². The lowest BCUT2D eigenvalue weighted by molar-refractivity contribution is 0.475. The lowest BCUT2D eigenvalue weighted by atomic mass is 9.67. The Hall–Kier alpha value is -8.40. The number of benzene rings is 10. The molecule has 64 heavy (non-hydrogen) atoms. The van der Waals surface area contributed by atoms with Crippen molar-refractivity contribution in [1.82, 2.24) is 9.13 Å². The van der Waals surface area contributed by atoms with Crippen LogP contribution in [0.2, 0.25) is 0 Å². The maximum absolute atomic E-state index is 10.6. The number of hydrogen-bond donors (Lipinski definition) is 1. The summed E-state index contributed by atoms with van der Waals surface area (Å²) >= 11 is 0. The van der Waals surface area contributed by atoms with E-state index in [0.29, 0.717) is 0 Å². The van der Waals surface area contributed by atoms with Crippen LogP contribution >= 0.6 is 0 Å². The van der Waals surface area contributed by atoms with Crippen LogP contribution in [-0.4, -0.2) is 14.2 Å². The lowest BCUT2D eigenvalue weighted by Gasteiger charge is -2.34. The van der Waals surface area contributed by atoms with Crippen molar-refractivity contribution in [3.63, 3.8) is 0 Å². The minimum absolute atomic E-state index is 0.250. The Kier molecular flexibility index (Phi) is 7.97. The molecule has 1 N–H and O–H groups in total. The van der Waals surface area contributed by atoms with Gasteiger partial charge in [0.15, 0.2) is 0 Å². The first-order valence-electron chi connectivity index (χ1n) is 22.0. The van der Waals surface area contributed by atoms with Gasteiger partial charge in [-0.15, -0.1) is 0 Å². The van der Waals surface area contributed by atoms with Gasteiger partial charge in [0.05, 0.1) is 27.5 Å². The standard InChI is InChI=1S/C61H40N2O/c64-48-34-28-45(29-35-48)61(44-12-2-1-3-13-44)55-38-42(40-22-30-46(31-23-40)62-57-18-8-4-14-51(57)52-15-5-9-19-58(52)62)26-36-49(55)50-37-27-43(39-56(50)61)41-24-32-47(33-25-41)63-59-20-10-6-16-53(59)54-17-7-11-21-60(54)63/h1-39,64H. The predicted molar refractivity (Wildman–Crippen MR) is 265 cm³/mol. The number of para-hydroxylation sites is 4. The molecule has 0 amide bonds. The molecule has 3 heteroatoms. The van der Waals surface area contributed by atoms with Crippen molar-refractivity contribution in [3.8, 4) is 50.5 Å². The Balaban J connectivity index is 0.957. The van der Waals surface area contributed by atoms with E-state index in [9.17, 15) is 5.11 Å². The third kappa shape index (κ3) is 5.28. The second-order valence-electron chi connectivity index (χ2n) is 17.0. The number of aromatic nitrogens is 2. The Morgan fingerprint density at radius 3 is 1.05 bits per heavy atom. The van der Waals surface area contributed by atoms with E-state index in [1.165, 1.54) is 71.4 Å².